The van der Waals surface area contributed by atoms with Crippen molar-refractivity contribution in [2.24, 2.45) is 0 Å². The molecule has 0 aliphatic rings. The summed E-state index contributed by atoms with van der Waals surface area (Å²) in [6.07, 6.45) is 8.50. The van der Waals surface area contributed by atoms with Gasteiger partial charge in [0, 0.05) is 29.9 Å². The number of ketones is 1. The highest BCUT2D eigenvalue weighted by atomic mass is 16.5. The molecule has 2 aromatic carbocycles. The number of pyridine rings is 2. The summed E-state index contributed by atoms with van der Waals surface area (Å²) in [6.45, 7) is 6.90. The van der Waals surface area contributed by atoms with Gasteiger partial charge in [-0.3, -0.25) is 9.59 Å². The van der Waals surface area contributed by atoms with Crippen molar-refractivity contribution >= 4 is 29.0 Å². The molecule has 0 fully saturated rings. The highest BCUT2D eigenvalue weighted by Gasteiger charge is 2.23. The molecule has 13 heteroatoms. The normalized spacial score (nSPS) is 10.9. The minimum atomic E-state index is -1.07. The Morgan fingerprint density at radius 2 is 1.15 bits per heavy atom. The minimum Gasteiger partial charge on any atom is -0.488 e. The third-order valence-electron chi connectivity index (χ3n) is 8.58. The van der Waals surface area contributed by atoms with E-state index in [1.54, 1.807) is 22.0 Å². The number of fused-ring (bicyclic) bond motifs is 2. The van der Waals surface area contributed by atoms with E-state index in [4.69, 9.17) is 14.2 Å². The van der Waals surface area contributed by atoms with Crippen molar-refractivity contribution in [1.82, 2.24) is 29.2 Å². The number of benzene rings is 2. The van der Waals surface area contributed by atoms with Crippen LogP contribution in [0.3, 0.4) is 0 Å². The van der Waals surface area contributed by atoms with E-state index in [2.05, 4.69) is 34.0 Å². The lowest BCUT2D eigenvalue weighted by atomic mass is 10.0. The molecule has 0 spiro atoms. The van der Waals surface area contributed by atoms with Crippen LogP contribution in [-0.2, 0) is 35.6 Å². The average molecular weight is 735 g/mol. The van der Waals surface area contributed by atoms with Gasteiger partial charge in [0.1, 0.15) is 48.5 Å². The molecule has 4 heterocycles. The molecule has 0 saturated carbocycles. The van der Waals surface area contributed by atoms with Crippen LogP contribution in [0.5, 0.6) is 11.5 Å². The number of hydrogen-bond donors (Lipinski definition) is 1. The first-order valence-electron chi connectivity index (χ1n) is 18.3. The second kappa shape index (κ2) is 19.6. The van der Waals surface area contributed by atoms with Crippen LogP contribution in [0.4, 0.5) is 0 Å². The minimum absolute atomic E-state index is 0.0165. The first-order valence-corrected chi connectivity index (χ1v) is 18.3. The third kappa shape index (κ3) is 10.1. The predicted molar refractivity (Wildman–Crippen MR) is 202 cm³/mol. The van der Waals surface area contributed by atoms with Gasteiger partial charge in [-0.25, -0.2) is 23.8 Å². The molecule has 13 nitrogen and oxygen atoms in total. The second-order valence-electron chi connectivity index (χ2n) is 12.5. The Morgan fingerprint density at radius 3 is 1.61 bits per heavy atom. The number of carboxylic acid groups (broad SMARTS) is 1. The zero-order valence-corrected chi connectivity index (χ0v) is 30.9. The monoisotopic (exact) mass is 734 g/mol. The first kappa shape index (κ1) is 39.1. The van der Waals surface area contributed by atoms with Gasteiger partial charge in [-0.1, -0.05) is 87.4 Å². The Kier molecular flexibility index (Phi) is 14.2. The number of hydrogen-bond acceptors (Lipinski definition) is 10. The van der Waals surface area contributed by atoms with Crippen molar-refractivity contribution in [3.05, 3.63) is 119 Å². The molecule has 282 valence electrons. The van der Waals surface area contributed by atoms with Crippen LogP contribution in [-0.4, -0.2) is 58.6 Å². The quantitative estimate of drug-likeness (QED) is 0.0687. The number of carboxylic acids is 1. The van der Waals surface area contributed by atoms with Gasteiger partial charge in [0.25, 0.3) is 0 Å². The Bertz CT molecular complexity index is 2150. The lowest BCUT2D eigenvalue weighted by Crippen LogP contribution is -2.13. The van der Waals surface area contributed by atoms with Crippen molar-refractivity contribution in [2.75, 3.05) is 6.61 Å². The number of aromatic nitrogens is 6. The van der Waals surface area contributed by atoms with Crippen molar-refractivity contribution in [3.63, 3.8) is 0 Å². The number of unbranched alkanes of at least 4 members (excludes halogenated alkanes) is 2. The maximum Gasteiger partial charge on any atom is 0.343 e. The largest absolute Gasteiger partial charge is 0.488 e. The SMILES string of the molecule is CCCCc1cc(OCc2ccccc2)c(C(=O)CCC(=O)OCC)c2ncnn12.CCCCc1cc(OCc2ccccc2)c(C(=O)O)c2ncnn12. The molecule has 0 radical (unpaired) electrons. The van der Waals surface area contributed by atoms with E-state index in [1.807, 2.05) is 66.7 Å². The highest BCUT2D eigenvalue weighted by Crippen LogP contribution is 2.29. The fourth-order valence-corrected chi connectivity index (χ4v) is 5.84. The van der Waals surface area contributed by atoms with Crippen molar-refractivity contribution in [1.29, 1.82) is 0 Å². The number of carbonyl (C=O) groups excluding carboxylic acids is 2. The molecule has 0 atom stereocenters. The van der Waals surface area contributed by atoms with Crippen LogP contribution in [0.15, 0.2) is 85.5 Å². The van der Waals surface area contributed by atoms with Crippen LogP contribution in [0.1, 0.15) is 103 Å². The van der Waals surface area contributed by atoms with E-state index in [0.717, 1.165) is 61.0 Å². The number of Topliss-reactive ketones (excluding diaryl/α,β-unsaturated/α-hetero) is 1. The molecule has 0 aliphatic heterocycles. The van der Waals surface area contributed by atoms with Gasteiger partial charge in [-0.2, -0.15) is 10.2 Å². The summed E-state index contributed by atoms with van der Waals surface area (Å²) in [4.78, 5) is 44.9. The lowest BCUT2D eigenvalue weighted by Gasteiger charge is -2.15. The summed E-state index contributed by atoms with van der Waals surface area (Å²) in [6, 6.07) is 23.1. The maximum absolute atomic E-state index is 13.1. The molecule has 4 aromatic heterocycles. The summed E-state index contributed by atoms with van der Waals surface area (Å²) >= 11 is 0. The zero-order valence-electron chi connectivity index (χ0n) is 30.9. The molecular formula is C41H46N6O7. The standard InChI is InChI=1S/C23H27N3O4.C18H19N3O3/c1-3-5-11-18-14-20(30-15-17-9-7-6-8-10-17)22(23-24-16-25-26(18)23)19(27)12-13-21(28)29-4-2;1-2-3-9-14-10-15(24-11-13-7-5-4-6-8-13)16(18(22)23)17-19-12-20-21(14)17/h6-10,14,16H,3-5,11-13,15H2,1-2H3;4-8,10,12H,2-3,9,11H2,1H3,(H,22,23). The Morgan fingerprint density at radius 1 is 0.667 bits per heavy atom. The summed E-state index contributed by atoms with van der Waals surface area (Å²) in [5, 5.41) is 18.1. The third-order valence-corrected chi connectivity index (χ3v) is 8.58. The summed E-state index contributed by atoms with van der Waals surface area (Å²) in [7, 11) is 0. The van der Waals surface area contributed by atoms with Gasteiger partial charge in [-0.15, -0.1) is 0 Å². The van der Waals surface area contributed by atoms with Gasteiger partial charge in [0.05, 0.1) is 13.0 Å². The summed E-state index contributed by atoms with van der Waals surface area (Å²) in [5.41, 5.74) is 4.99. The van der Waals surface area contributed by atoms with E-state index in [9.17, 15) is 19.5 Å². The lowest BCUT2D eigenvalue weighted by molar-refractivity contribution is -0.143. The zero-order chi connectivity index (χ0) is 38.3. The van der Waals surface area contributed by atoms with Crippen LogP contribution in [0.2, 0.25) is 0 Å². The second-order valence-corrected chi connectivity index (χ2v) is 12.5. The van der Waals surface area contributed by atoms with E-state index in [1.165, 1.54) is 12.7 Å². The number of esters is 1. The fraction of sp³-hybridized carbons (Fsp3) is 0.341. The van der Waals surface area contributed by atoms with Crippen LogP contribution >= 0.6 is 0 Å². The molecule has 0 saturated heterocycles. The summed E-state index contributed by atoms with van der Waals surface area (Å²) < 4.78 is 20.1. The smallest absolute Gasteiger partial charge is 0.343 e. The van der Waals surface area contributed by atoms with E-state index in [0.29, 0.717) is 48.2 Å². The van der Waals surface area contributed by atoms with Gasteiger partial charge >= 0.3 is 11.9 Å². The number of nitrogens with zero attached hydrogens (tertiary/aromatic N) is 6. The van der Waals surface area contributed by atoms with E-state index < -0.39 is 11.9 Å². The van der Waals surface area contributed by atoms with Crippen molar-refractivity contribution in [3.8, 4) is 11.5 Å². The number of carbonyl (C=O) groups is 3. The molecule has 0 amide bonds. The number of aromatic carboxylic acids is 1. The molecule has 1 N–H and O–H groups in total. The average Bonchev–Trinajstić information content (AvgIpc) is 3.88. The van der Waals surface area contributed by atoms with Crippen molar-refractivity contribution < 1.29 is 33.7 Å². The molecule has 54 heavy (non-hydrogen) atoms. The molecular weight excluding hydrogens is 688 g/mol. The van der Waals surface area contributed by atoms with E-state index in [-0.39, 0.29) is 24.2 Å². The van der Waals surface area contributed by atoms with Crippen LogP contribution in [0.25, 0.3) is 11.3 Å². The first-order chi connectivity index (χ1) is 26.3. The molecule has 6 rings (SSSR count). The molecule has 0 bridgehead atoms. The fourth-order valence-electron chi connectivity index (χ4n) is 5.84. The predicted octanol–water partition coefficient (Wildman–Crippen LogP) is 7.53. The van der Waals surface area contributed by atoms with Gasteiger partial charge in [-0.05, 0) is 43.7 Å². The number of rotatable bonds is 18. The topological polar surface area (TPSA) is 160 Å². The van der Waals surface area contributed by atoms with Gasteiger partial charge in [0.2, 0.25) is 0 Å². The van der Waals surface area contributed by atoms with Crippen LogP contribution in [0, 0.1) is 0 Å². The van der Waals surface area contributed by atoms with Crippen molar-refractivity contribution in [2.45, 2.75) is 85.4 Å². The number of aryl methyl sites for hydroxylation is 2. The maximum atomic E-state index is 13.1. The molecule has 0 unspecified atom stereocenters. The van der Waals surface area contributed by atoms with Gasteiger partial charge < -0.3 is 19.3 Å². The Hall–Kier alpha value is -6.11. The molecule has 0 aliphatic carbocycles. The summed E-state index contributed by atoms with van der Waals surface area (Å²) in [5.74, 6) is -0.879. The highest BCUT2D eigenvalue weighted by molar-refractivity contribution is 6.05. The Balaban J connectivity index is 0.000000213. The number of ether oxygens (including phenoxy) is 3. The molecule has 6 aromatic rings. The van der Waals surface area contributed by atoms with Gasteiger partial charge in [0.15, 0.2) is 17.1 Å². The Labute approximate surface area is 313 Å². The van der Waals surface area contributed by atoms with E-state index >= 15 is 0 Å². The van der Waals surface area contributed by atoms with Crippen LogP contribution < -0.4 is 9.47 Å².